The summed E-state index contributed by atoms with van der Waals surface area (Å²) in [4.78, 5) is -0.175. The van der Waals surface area contributed by atoms with E-state index in [-0.39, 0.29) is 21.6 Å². The van der Waals surface area contributed by atoms with E-state index in [4.69, 9.17) is 17.3 Å². The van der Waals surface area contributed by atoms with Crippen molar-refractivity contribution in [3.05, 3.63) is 23.0 Å². The molecular weight excluding hydrogens is 323 g/mol. The Kier molecular flexibility index (Phi) is 4.84. The summed E-state index contributed by atoms with van der Waals surface area (Å²) in [6, 6.07) is 1.87. The number of rotatable bonds is 4. The zero-order chi connectivity index (χ0) is 14.9. The van der Waals surface area contributed by atoms with Crippen LogP contribution in [0.25, 0.3) is 0 Å². The Morgan fingerprint density at radius 3 is 2.75 bits per heavy atom. The van der Waals surface area contributed by atoms with Crippen LogP contribution in [0.1, 0.15) is 19.3 Å². The van der Waals surface area contributed by atoms with E-state index in [1.54, 1.807) is 11.8 Å². The van der Waals surface area contributed by atoms with Crippen LogP contribution in [0.15, 0.2) is 17.0 Å². The summed E-state index contributed by atoms with van der Waals surface area (Å²) in [6.45, 7) is 0. The van der Waals surface area contributed by atoms with Gasteiger partial charge in [-0.15, -0.1) is 0 Å². The van der Waals surface area contributed by atoms with E-state index in [2.05, 4.69) is 4.72 Å². The number of thioether (sulfide) groups is 1. The molecule has 1 fully saturated rings. The fraction of sp³-hybridized carbons (Fsp3) is 0.500. The van der Waals surface area contributed by atoms with E-state index < -0.39 is 15.8 Å². The third-order valence-corrected chi connectivity index (χ3v) is 6.46. The molecule has 0 bridgehead atoms. The summed E-state index contributed by atoms with van der Waals surface area (Å²) >= 11 is 7.54. The molecule has 2 atom stereocenters. The molecule has 2 unspecified atom stereocenters. The number of halogens is 2. The number of hydrogen-bond donors (Lipinski definition) is 2. The zero-order valence-electron chi connectivity index (χ0n) is 10.9. The van der Waals surface area contributed by atoms with Gasteiger partial charge in [-0.25, -0.2) is 17.5 Å². The van der Waals surface area contributed by atoms with E-state index in [9.17, 15) is 12.8 Å². The van der Waals surface area contributed by atoms with Gasteiger partial charge in [0.25, 0.3) is 0 Å². The van der Waals surface area contributed by atoms with Crippen molar-refractivity contribution >= 4 is 39.1 Å². The van der Waals surface area contributed by atoms with Crippen molar-refractivity contribution in [2.45, 2.75) is 35.4 Å². The molecule has 1 aromatic rings. The number of anilines is 1. The van der Waals surface area contributed by atoms with Gasteiger partial charge in [-0.2, -0.15) is 11.8 Å². The molecule has 1 aromatic carbocycles. The molecule has 0 aliphatic heterocycles. The maximum absolute atomic E-state index is 13.2. The van der Waals surface area contributed by atoms with Crippen molar-refractivity contribution in [1.82, 2.24) is 4.72 Å². The summed E-state index contributed by atoms with van der Waals surface area (Å²) in [5.41, 5.74) is 5.18. The van der Waals surface area contributed by atoms with Gasteiger partial charge in [-0.05, 0) is 37.7 Å². The number of hydrogen-bond acceptors (Lipinski definition) is 4. The van der Waals surface area contributed by atoms with Gasteiger partial charge < -0.3 is 5.73 Å². The first kappa shape index (κ1) is 15.9. The number of nitrogens with two attached hydrogens (primary N) is 1. The van der Waals surface area contributed by atoms with Crippen LogP contribution in [0.3, 0.4) is 0 Å². The number of nitrogens with one attached hydrogen (secondary N) is 1. The molecule has 112 valence electrons. The average molecular weight is 339 g/mol. The molecule has 1 aliphatic carbocycles. The second kappa shape index (κ2) is 6.09. The first-order valence-electron chi connectivity index (χ1n) is 6.13. The number of benzene rings is 1. The predicted octanol–water partition coefficient (Wildman–Crippen LogP) is 2.62. The van der Waals surface area contributed by atoms with Crippen LogP contribution >= 0.6 is 23.4 Å². The maximum atomic E-state index is 13.2. The van der Waals surface area contributed by atoms with Crippen LogP contribution < -0.4 is 10.5 Å². The highest BCUT2D eigenvalue weighted by Gasteiger charge is 2.29. The molecule has 0 saturated heterocycles. The standard InChI is InChI=1S/C12H16ClFN2O2S2/c1-19-8-3-2-7(4-8)16-20(17,18)12-6-11(15)10(14)5-9(12)13/h5-8,16H,2-4,15H2,1H3. The molecule has 1 aliphatic rings. The minimum Gasteiger partial charge on any atom is -0.396 e. The first-order chi connectivity index (χ1) is 9.33. The lowest BCUT2D eigenvalue weighted by atomic mass is 10.3. The van der Waals surface area contributed by atoms with Crippen LogP contribution in [0.5, 0.6) is 0 Å². The van der Waals surface area contributed by atoms with Crippen LogP contribution in [0.2, 0.25) is 5.02 Å². The van der Waals surface area contributed by atoms with E-state index in [1.807, 2.05) is 6.26 Å². The summed E-state index contributed by atoms with van der Waals surface area (Å²) in [5, 5.41) is 0.306. The Balaban J connectivity index is 2.21. The van der Waals surface area contributed by atoms with E-state index >= 15 is 0 Å². The average Bonchev–Trinajstić information content (AvgIpc) is 2.80. The third kappa shape index (κ3) is 3.39. The van der Waals surface area contributed by atoms with Crippen LogP contribution in [-0.4, -0.2) is 26.0 Å². The van der Waals surface area contributed by atoms with Crippen LogP contribution in [-0.2, 0) is 10.0 Å². The van der Waals surface area contributed by atoms with Crippen molar-refractivity contribution < 1.29 is 12.8 Å². The minimum absolute atomic E-state index is 0.111. The Bertz CT molecular complexity index is 610. The van der Waals surface area contributed by atoms with Gasteiger partial charge in [0.1, 0.15) is 10.7 Å². The summed E-state index contributed by atoms with van der Waals surface area (Å²) in [7, 11) is -3.78. The van der Waals surface area contributed by atoms with Gasteiger partial charge in [0.15, 0.2) is 0 Å². The smallest absolute Gasteiger partial charge is 0.242 e. The molecule has 0 spiro atoms. The highest BCUT2D eigenvalue weighted by Crippen LogP contribution is 2.31. The van der Waals surface area contributed by atoms with Gasteiger partial charge in [0, 0.05) is 11.3 Å². The predicted molar refractivity (Wildman–Crippen MR) is 81.1 cm³/mol. The van der Waals surface area contributed by atoms with Crippen molar-refractivity contribution in [2.75, 3.05) is 12.0 Å². The van der Waals surface area contributed by atoms with Crippen molar-refractivity contribution in [2.24, 2.45) is 0 Å². The SMILES string of the molecule is CSC1CCC(NS(=O)(=O)c2cc(N)c(F)cc2Cl)C1. The highest BCUT2D eigenvalue weighted by molar-refractivity contribution is 7.99. The number of sulfonamides is 1. The van der Waals surface area contributed by atoms with Gasteiger partial charge in [-0.1, -0.05) is 11.6 Å². The molecule has 4 nitrogen and oxygen atoms in total. The molecule has 0 aromatic heterocycles. The van der Waals surface area contributed by atoms with Crippen molar-refractivity contribution in [1.29, 1.82) is 0 Å². The quantitative estimate of drug-likeness (QED) is 0.828. The fourth-order valence-corrected chi connectivity index (χ4v) is 4.92. The fourth-order valence-electron chi connectivity index (χ4n) is 2.29. The number of nitrogen functional groups attached to an aromatic ring is 1. The molecule has 0 heterocycles. The molecule has 2 rings (SSSR count). The van der Waals surface area contributed by atoms with Crippen molar-refractivity contribution in [3.8, 4) is 0 Å². The van der Waals surface area contributed by atoms with Gasteiger partial charge >= 0.3 is 0 Å². The van der Waals surface area contributed by atoms with Gasteiger partial charge in [0.2, 0.25) is 10.0 Å². The molecule has 8 heteroatoms. The lowest BCUT2D eigenvalue weighted by Gasteiger charge is -2.14. The third-order valence-electron chi connectivity index (χ3n) is 3.38. The molecule has 1 saturated carbocycles. The second-order valence-electron chi connectivity index (χ2n) is 4.79. The molecule has 0 amide bonds. The zero-order valence-corrected chi connectivity index (χ0v) is 13.3. The minimum atomic E-state index is -3.78. The van der Waals surface area contributed by atoms with Gasteiger partial charge in [0.05, 0.1) is 10.7 Å². The summed E-state index contributed by atoms with van der Waals surface area (Å²) in [6.07, 6.45) is 4.57. The Hall–Kier alpha value is -0.500. The first-order valence-corrected chi connectivity index (χ1v) is 9.28. The van der Waals surface area contributed by atoms with E-state index in [1.165, 1.54) is 0 Å². The molecule has 20 heavy (non-hydrogen) atoms. The highest BCUT2D eigenvalue weighted by atomic mass is 35.5. The Labute approximate surface area is 127 Å². The van der Waals surface area contributed by atoms with E-state index in [0.717, 1.165) is 31.4 Å². The largest absolute Gasteiger partial charge is 0.396 e. The molecular formula is C12H16ClFN2O2S2. The second-order valence-corrected chi connectivity index (χ2v) is 8.02. The normalized spacial score (nSPS) is 23.1. The van der Waals surface area contributed by atoms with Crippen molar-refractivity contribution in [3.63, 3.8) is 0 Å². The lowest BCUT2D eigenvalue weighted by Crippen LogP contribution is -2.33. The Morgan fingerprint density at radius 1 is 1.45 bits per heavy atom. The molecule has 3 N–H and O–H groups in total. The Morgan fingerprint density at radius 2 is 2.15 bits per heavy atom. The summed E-state index contributed by atoms with van der Waals surface area (Å²) in [5.74, 6) is -0.725. The maximum Gasteiger partial charge on any atom is 0.242 e. The molecule has 0 radical (unpaired) electrons. The monoisotopic (exact) mass is 338 g/mol. The van der Waals surface area contributed by atoms with E-state index in [0.29, 0.717) is 5.25 Å². The summed E-state index contributed by atoms with van der Waals surface area (Å²) < 4.78 is 40.4. The topological polar surface area (TPSA) is 72.2 Å². The lowest BCUT2D eigenvalue weighted by molar-refractivity contribution is 0.552. The van der Waals surface area contributed by atoms with Gasteiger partial charge in [-0.3, -0.25) is 0 Å². The van der Waals surface area contributed by atoms with Crippen LogP contribution in [0, 0.1) is 5.82 Å². The van der Waals surface area contributed by atoms with Crippen LogP contribution in [0.4, 0.5) is 10.1 Å².